The maximum atomic E-state index is 6.56. The molecule has 1 N–H and O–H groups in total. The van der Waals surface area contributed by atoms with E-state index in [4.69, 9.17) is 9.31 Å². The summed E-state index contributed by atoms with van der Waals surface area (Å²) < 4.78 is 15.7. The van der Waals surface area contributed by atoms with Gasteiger partial charge < -0.3 is 14.6 Å². The molecule has 1 fully saturated rings. The Bertz CT molecular complexity index is 1510. The van der Waals surface area contributed by atoms with Crippen LogP contribution in [0.5, 0.6) is 0 Å². The van der Waals surface area contributed by atoms with Gasteiger partial charge in [0.1, 0.15) is 0 Å². The van der Waals surface area contributed by atoms with Crippen LogP contribution in [-0.4, -0.2) is 18.3 Å². The molecular formula is C32H38BNO2S. The highest BCUT2D eigenvalue weighted by Crippen LogP contribution is 2.47. The molecule has 3 nitrogen and oxygen atoms in total. The Hall–Kier alpha value is -2.34. The molecule has 0 atom stereocenters. The van der Waals surface area contributed by atoms with Gasteiger partial charge in [0.05, 0.1) is 11.2 Å². The van der Waals surface area contributed by atoms with Crippen molar-refractivity contribution in [3.05, 3.63) is 65.7 Å². The Morgan fingerprint density at radius 3 is 2.05 bits per heavy atom. The first-order valence-electron chi connectivity index (χ1n) is 13.5. The summed E-state index contributed by atoms with van der Waals surface area (Å²) >= 11 is 1.84. The van der Waals surface area contributed by atoms with Crippen LogP contribution in [0.15, 0.2) is 54.6 Å². The minimum atomic E-state index is -0.441. The van der Waals surface area contributed by atoms with Crippen molar-refractivity contribution >= 4 is 55.5 Å². The topological polar surface area (TPSA) is 30.5 Å². The highest BCUT2D eigenvalue weighted by atomic mass is 32.1. The predicted octanol–water partition coefficient (Wildman–Crippen LogP) is 8.45. The lowest BCUT2D eigenvalue weighted by Crippen LogP contribution is -2.41. The van der Waals surface area contributed by atoms with Gasteiger partial charge in [-0.05, 0) is 86.8 Å². The fourth-order valence-electron chi connectivity index (χ4n) is 5.88. The van der Waals surface area contributed by atoms with Gasteiger partial charge in [-0.25, -0.2) is 0 Å². The van der Waals surface area contributed by atoms with E-state index in [0.717, 1.165) is 16.8 Å². The minimum absolute atomic E-state index is 0.159. The molecule has 0 saturated carbocycles. The highest BCUT2D eigenvalue weighted by Gasteiger charge is 2.52. The number of anilines is 2. The van der Waals surface area contributed by atoms with E-state index in [1.165, 1.54) is 44.1 Å². The molecule has 1 aliphatic carbocycles. The Labute approximate surface area is 225 Å². The van der Waals surface area contributed by atoms with Crippen molar-refractivity contribution in [1.82, 2.24) is 0 Å². The van der Waals surface area contributed by atoms with E-state index in [-0.39, 0.29) is 10.8 Å². The smallest absolute Gasteiger partial charge is 0.399 e. The molecule has 1 aliphatic heterocycles. The molecule has 192 valence electrons. The molecule has 37 heavy (non-hydrogen) atoms. The third-order valence-electron chi connectivity index (χ3n) is 9.19. The zero-order valence-corrected chi connectivity index (χ0v) is 24.2. The second-order valence-corrected chi connectivity index (χ2v) is 14.4. The van der Waals surface area contributed by atoms with Gasteiger partial charge in [-0.3, -0.25) is 0 Å². The van der Waals surface area contributed by atoms with Crippen LogP contribution in [0.3, 0.4) is 0 Å². The van der Waals surface area contributed by atoms with Crippen LogP contribution >= 0.6 is 11.3 Å². The molecule has 4 aromatic rings. The molecule has 0 amide bonds. The lowest BCUT2D eigenvalue weighted by molar-refractivity contribution is 0.00578. The molecule has 0 unspecified atom stereocenters. The number of hydrogen-bond acceptors (Lipinski definition) is 4. The summed E-state index contributed by atoms with van der Waals surface area (Å²) in [5.74, 6) is 0. The molecule has 5 heteroatoms. The summed E-state index contributed by atoms with van der Waals surface area (Å²) in [5, 5.41) is 6.34. The van der Waals surface area contributed by atoms with Crippen LogP contribution in [0, 0.1) is 0 Å². The number of benzene rings is 3. The molecular weight excluding hydrogens is 473 g/mol. The van der Waals surface area contributed by atoms with Gasteiger partial charge in [0.15, 0.2) is 0 Å². The van der Waals surface area contributed by atoms with E-state index >= 15 is 0 Å². The van der Waals surface area contributed by atoms with Crippen LogP contribution in [-0.2, 0) is 20.1 Å². The van der Waals surface area contributed by atoms with Gasteiger partial charge in [0.25, 0.3) is 0 Å². The van der Waals surface area contributed by atoms with E-state index < -0.39 is 18.3 Å². The monoisotopic (exact) mass is 511 g/mol. The van der Waals surface area contributed by atoms with Crippen molar-refractivity contribution in [2.45, 2.75) is 90.3 Å². The van der Waals surface area contributed by atoms with Crippen molar-refractivity contribution in [2.24, 2.45) is 0 Å². The maximum Gasteiger partial charge on any atom is 0.497 e. The lowest BCUT2D eigenvalue weighted by Gasteiger charge is -2.42. The fourth-order valence-corrected chi connectivity index (χ4v) is 7.01. The Kier molecular flexibility index (Phi) is 5.45. The van der Waals surface area contributed by atoms with Gasteiger partial charge >= 0.3 is 7.12 Å². The number of hydrogen-bond donors (Lipinski definition) is 1. The van der Waals surface area contributed by atoms with Gasteiger partial charge in [0, 0.05) is 37.0 Å². The fraction of sp³-hybridized carbons (Fsp3) is 0.438. The molecule has 3 aromatic carbocycles. The quantitative estimate of drug-likeness (QED) is 0.280. The summed E-state index contributed by atoms with van der Waals surface area (Å²) in [6.45, 7) is 18.0. The number of rotatable bonds is 3. The first-order valence-corrected chi connectivity index (χ1v) is 14.3. The maximum absolute atomic E-state index is 6.56. The number of nitrogens with one attached hydrogen (secondary N) is 1. The predicted molar refractivity (Wildman–Crippen MR) is 160 cm³/mol. The Balaban J connectivity index is 1.49. The molecule has 2 aliphatic rings. The van der Waals surface area contributed by atoms with Crippen molar-refractivity contribution in [1.29, 1.82) is 0 Å². The van der Waals surface area contributed by atoms with Crippen LogP contribution in [0.2, 0.25) is 0 Å². The average Bonchev–Trinajstić information content (AvgIpc) is 3.28. The van der Waals surface area contributed by atoms with Gasteiger partial charge in [-0.1, -0.05) is 58.0 Å². The minimum Gasteiger partial charge on any atom is -0.399 e. The van der Waals surface area contributed by atoms with Crippen LogP contribution in [0.25, 0.3) is 20.2 Å². The number of thiophene rings is 1. The molecule has 1 aromatic heterocycles. The van der Waals surface area contributed by atoms with E-state index in [9.17, 15) is 0 Å². The summed E-state index contributed by atoms with van der Waals surface area (Å²) in [6.07, 6.45) is 2.41. The first kappa shape index (κ1) is 25.0. The summed E-state index contributed by atoms with van der Waals surface area (Å²) in [5.41, 5.74) is 5.69. The van der Waals surface area contributed by atoms with Crippen molar-refractivity contribution < 1.29 is 9.31 Å². The molecule has 2 heterocycles. The number of fused-ring (bicyclic) bond motifs is 4. The van der Waals surface area contributed by atoms with E-state index in [0.29, 0.717) is 0 Å². The summed E-state index contributed by atoms with van der Waals surface area (Å²) in [7, 11) is -0.441. The average molecular weight is 512 g/mol. The Morgan fingerprint density at radius 1 is 0.703 bits per heavy atom. The Morgan fingerprint density at radius 2 is 1.35 bits per heavy atom. The second-order valence-electron chi connectivity index (χ2n) is 13.3. The van der Waals surface area contributed by atoms with Gasteiger partial charge in [0.2, 0.25) is 0 Å². The van der Waals surface area contributed by atoms with E-state index in [2.05, 4.69) is 115 Å². The SMILES string of the molecule is CC1(C)CCC(C)(C)c2cc(Nc3cc4sc5ccccc5c4cc3B3OC(C)(C)C(C)(C)O3)ccc21. The highest BCUT2D eigenvalue weighted by molar-refractivity contribution is 7.25. The third kappa shape index (κ3) is 4.02. The third-order valence-corrected chi connectivity index (χ3v) is 10.3. The first-order chi connectivity index (χ1) is 17.3. The van der Waals surface area contributed by atoms with Gasteiger partial charge in [-0.2, -0.15) is 0 Å². The molecule has 0 bridgehead atoms. The molecule has 1 saturated heterocycles. The zero-order chi connectivity index (χ0) is 26.4. The van der Waals surface area contributed by atoms with Crippen LogP contribution in [0.1, 0.15) is 79.4 Å². The lowest BCUT2D eigenvalue weighted by atomic mass is 9.63. The van der Waals surface area contributed by atoms with Crippen LogP contribution in [0.4, 0.5) is 11.4 Å². The second kappa shape index (κ2) is 8.08. The molecule has 0 radical (unpaired) electrons. The van der Waals surface area contributed by atoms with E-state index in [1.807, 2.05) is 11.3 Å². The standard InChI is InChI=1S/C32H38BNO2S/c1-29(2)15-16-30(3,4)24-17-20(13-14-23(24)29)34-26-19-28-22(21-11-9-10-12-27(21)37-28)18-25(26)33-35-31(5,6)32(7,8)36-33/h9-14,17-19,34H,15-16H2,1-8H3. The summed E-state index contributed by atoms with van der Waals surface area (Å²) in [6, 6.07) is 20.2. The van der Waals surface area contributed by atoms with Crippen molar-refractivity contribution in [3.63, 3.8) is 0 Å². The van der Waals surface area contributed by atoms with Crippen molar-refractivity contribution in [3.8, 4) is 0 Å². The van der Waals surface area contributed by atoms with Crippen LogP contribution < -0.4 is 10.8 Å². The van der Waals surface area contributed by atoms with Gasteiger partial charge in [-0.15, -0.1) is 11.3 Å². The largest absolute Gasteiger partial charge is 0.497 e. The molecule has 0 spiro atoms. The van der Waals surface area contributed by atoms with Crippen molar-refractivity contribution in [2.75, 3.05) is 5.32 Å². The normalized spacial score (nSPS) is 21.4. The summed E-state index contributed by atoms with van der Waals surface area (Å²) in [4.78, 5) is 0. The zero-order valence-electron chi connectivity index (χ0n) is 23.4. The molecule has 6 rings (SSSR count). The van der Waals surface area contributed by atoms with E-state index in [1.54, 1.807) is 0 Å².